The number of ether oxygens (including phenoxy) is 1. The zero-order valence-corrected chi connectivity index (χ0v) is 23.9. The molecule has 0 aliphatic heterocycles. The Morgan fingerprint density at radius 1 is 0.800 bits per heavy atom. The first-order valence-electron chi connectivity index (χ1n) is 14.7. The van der Waals surface area contributed by atoms with Crippen LogP contribution in [0.5, 0.6) is 0 Å². The fourth-order valence-electron chi connectivity index (χ4n) is 11.4. The maximum Gasteiger partial charge on any atom is 0.302 e. The molecule has 0 bridgehead atoms. The van der Waals surface area contributed by atoms with Gasteiger partial charge in [0.2, 0.25) is 0 Å². The molecule has 4 saturated carbocycles. The van der Waals surface area contributed by atoms with Crippen LogP contribution in [-0.4, -0.2) is 23.3 Å². The quantitative estimate of drug-likeness (QED) is 0.306. The molecule has 0 aromatic heterocycles. The molecule has 0 saturated heterocycles. The minimum atomic E-state index is -0.161. The van der Waals surface area contributed by atoms with Gasteiger partial charge in [-0.3, -0.25) is 4.79 Å². The highest BCUT2D eigenvalue weighted by Crippen LogP contribution is 2.69. The Bertz CT molecular complexity index is 900. The van der Waals surface area contributed by atoms with Gasteiger partial charge in [-0.15, -0.1) is 0 Å². The normalized spacial score (nSPS) is 50.4. The van der Waals surface area contributed by atoms with Gasteiger partial charge in [0, 0.05) is 12.3 Å². The highest BCUT2D eigenvalue weighted by atomic mass is 16.5. The fraction of sp³-hybridized carbons (Fsp3) is 0.906. The average molecular weight is 485 g/mol. The molecular weight excluding hydrogens is 432 g/mol. The van der Waals surface area contributed by atoms with Crippen molar-refractivity contribution in [2.45, 2.75) is 132 Å². The molecule has 0 aromatic rings. The van der Waals surface area contributed by atoms with E-state index in [1.807, 2.05) is 0 Å². The van der Waals surface area contributed by atoms with Gasteiger partial charge in [0.25, 0.3) is 0 Å². The number of aliphatic hydroxyl groups is 1. The Morgan fingerprint density at radius 2 is 1.46 bits per heavy atom. The predicted molar refractivity (Wildman–Crippen MR) is 142 cm³/mol. The second-order valence-corrected chi connectivity index (χ2v) is 15.4. The van der Waals surface area contributed by atoms with E-state index < -0.39 is 0 Å². The molecule has 0 unspecified atom stereocenters. The molecule has 5 aliphatic rings. The molecule has 3 nitrogen and oxygen atoms in total. The topological polar surface area (TPSA) is 46.5 Å². The molecule has 0 heterocycles. The second kappa shape index (κ2) is 8.08. The SMILES string of the molecule is CC(=O)O[C@H]1CC[C@]2(C)[C@H]3CC[C@H]4C(=C[C@]3(C)CC[C@H]2C1(C)C)CC[C@H]1C(C)(C)[C@H](O)CC[C@]41C. The molecule has 5 rings (SSSR count). The van der Waals surface area contributed by atoms with Gasteiger partial charge in [0.05, 0.1) is 6.10 Å². The molecule has 35 heavy (non-hydrogen) atoms. The lowest BCUT2D eigenvalue weighted by atomic mass is 9.42. The molecular formula is C32H52O3. The maximum atomic E-state index is 11.9. The number of rotatable bonds is 1. The van der Waals surface area contributed by atoms with E-state index in [1.165, 1.54) is 51.4 Å². The molecule has 5 aliphatic carbocycles. The van der Waals surface area contributed by atoms with E-state index in [1.54, 1.807) is 12.5 Å². The molecule has 0 aromatic carbocycles. The summed E-state index contributed by atoms with van der Waals surface area (Å²) in [5.74, 6) is 2.43. The summed E-state index contributed by atoms with van der Waals surface area (Å²) < 4.78 is 5.89. The van der Waals surface area contributed by atoms with E-state index in [-0.39, 0.29) is 34.4 Å². The van der Waals surface area contributed by atoms with Crippen LogP contribution in [-0.2, 0) is 9.53 Å². The zero-order chi connectivity index (χ0) is 25.6. The number of carbonyl (C=O) groups is 1. The van der Waals surface area contributed by atoms with Crippen molar-refractivity contribution in [3.8, 4) is 0 Å². The van der Waals surface area contributed by atoms with Crippen LogP contribution in [0.2, 0.25) is 0 Å². The summed E-state index contributed by atoms with van der Waals surface area (Å²) in [5.41, 5.74) is 2.66. The Labute approximate surface area is 214 Å². The van der Waals surface area contributed by atoms with Crippen molar-refractivity contribution in [1.29, 1.82) is 0 Å². The summed E-state index contributed by atoms with van der Waals surface area (Å²) in [6.07, 6.45) is 14.6. The third-order valence-corrected chi connectivity index (χ3v) is 13.1. The Morgan fingerprint density at radius 3 is 2.14 bits per heavy atom. The number of hydrogen-bond acceptors (Lipinski definition) is 3. The summed E-state index contributed by atoms with van der Waals surface area (Å²) in [5, 5.41) is 10.9. The van der Waals surface area contributed by atoms with Gasteiger partial charge < -0.3 is 9.84 Å². The van der Waals surface area contributed by atoms with E-state index in [0.717, 1.165) is 12.8 Å². The third-order valence-electron chi connectivity index (χ3n) is 13.1. The number of fused-ring (bicyclic) bond motifs is 6. The second-order valence-electron chi connectivity index (χ2n) is 15.4. The summed E-state index contributed by atoms with van der Waals surface area (Å²) in [6, 6.07) is 0. The van der Waals surface area contributed by atoms with E-state index >= 15 is 0 Å². The van der Waals surface area contributed by atoms with Crippen molar-refractivity contribution in [1.82, 2.24) is 0 Å². The average Bonchev–Trinajstić information content (AvgIpc) is 2.90. The lowest BCUT2D eigenvalue weighted by molar-refractivity contribution is -0.188. The highest BCUT2D eigenvalue weighted by Gasteiger charge is 2.63. The number of hydrogen-bond donors (Lipinski definition) is 1. The highest BCUT2D eigenvalue weighted by molar-refractivity contribution is 5.66. The van der Waals surface area contributed by atoms with E-state index in [9.17, 15) is 9.90 Å². The van der Waals surface area contributed by atoms with E-state index in [0.29, 0.717) is 34.5 Å². The lowest BCUT2D eigenvalue weighted by Gasteiger charge is -2.63. The third kappa shape index (κ3) is 3.63. The van der Waals surface area contributed by atoms with Gasteiger partial charge in [0.1, 0.15) is 6.10 Å². The van der Waals surface area contributed by atoms with Crippen molar-refractivity contribution in [3.63, 3.8) is 0 Å². The number of carbonyl (C=O) groups excluding carboxylic acids is 1. The molecule has 1 N–H and O–H groups in total. The smallest absolute Gasteiger partial charge is 0.302 e. The van der Waals surface area contributed by atoms with Crippen LogP contribution < -0.4 is 0 Å². The van der Waals surface area contributed by atoms with Gasteiger partial charge in [-0.25, -0.2) is 0 Å². The first-order chi connectivity index (χ1) is 16.2. The van der Waals surface area contributed by atoms with Crippen LogP contribution in [0.4, 0.5) is 0 Å². The summed E-state index contributed by atoms with van der Waals surface area (Å²) in [4.78, 5) is 11.9. The Kier molecular flexibility index (Phi) is 5.96. The fourth-order valence-corrected chi connectivity index (χ4v) is 11.4. The Hall–Kier alpha value is -0.830. The number of aliphatic hydroxyl groups excluding tert-OH is 1. The van der Waals surface area contributed by atoms with Crippen molar-refractivity contribution in [2.75, 3.05) is 0 Å². The maximum absolute atomic E-state index is 11.9. The van der Waals surface area contributed by atoms with Gasteiger partial charge in [-0.05, 0) is 110 Å². The molecule has 198 valence electrons. The summed E-state index contributed by atoms with van der Waals surface area (Å²) in [7, 11) is 0. The van der Waals surface area contributed by atoms with Crippen molar-refractivity contribution in [2.24, 2.45) is 50.7 Å². The molecule has 4 fully saturated rings. The van der Waals surface area contributed by atoms with Crippen LogP contribution in [0.3, 0.4) is 0 Å². The first kappa shape index (κ1) is 25.8. The van der Waals surface area contributed by atoms with Gasteiger partial charge in [-0.2, -0.15) is 0 Å². The largest absolute Gasteiger partial charge is 0.462 e. The van der Waals surface area contributed by atoms with Crippen LogP contribution in [0.25, 0.3) is 0 Å². The van der Waals surface area contributed by atoms with Crippen LogP contribution in [0.15, 0.2) is 11.6 Å². The summed E-state index contributed by atoms with van der Waals surface area (Å²) >= 11 is 0. The van der Waals surface area contributed by atoms with E-state index in [4.69, 9.17) is 4.74 Å². The van der Waals surface area contributed by atoms with Crippen molar-refractivity contribution < 1.29 is 14.6 Å². The van der Waals surface area contributed by atoms with Crippen LogP contribution in [0, 0.1) is 50.7 Å². The first-order valence-corrected chi connectivity index (χ1v) is 14.7. The molecule has 0 spiro atoms. The predicted octanol–water partition coefficient (Wildman–Crippen LogP) is 7.71. The van der Waals surface area contributed by atoms with Crippen molar-refractivity contribution in [3.05, 3.63) is 11.6 Å². The standard InChI is InChI=1S/C32H52O3/c1-20(33)35-27-15-18-32(8)24(29(27,4)5)13-16-30(6)19-21-9-11-23-28(2,3)26(34)14-17-31(23,7)22(21)10-12-25(30)32/h19,22-27,34H,9-18H2,1-8H3/t22-,23-,24-,25-,26+,27-,30-,31+,32-/m0/s1. The molecule has 0 radical (unpaired) electrons. The summed E-state index contributed by atoms with van der Waals surface area (Å²) in [6.45, 7) is 18.8. The van der Waals surface area contributed by atoms with Crippen molar-refractivity contribution >= 4 is 5.97 Å². The number of allylic oxidation sites excluding steroid dienone is 2. The minimum absolute atomic E-state index is 0.0116. The van der Waals surface area contributed by atoms with E-state index in [2.05, 4.69) is 54.5 Å². The zero-order valence-electron chi connectivity index (χ0n) is 23.9. The van der Waals surface area contributed by atoms with Gasteiger partial charge >= 0.3 is 5.97 Å². The molecule has 0 amide bonds. The lowest BCUT2D eigenvalue weighted by Crippen LogP contribution is -2.58. The molecule has 9 atom stereocenters. The Balaban J connectivity index is 1.48. The van der Waals surface area contributed by atoms with Gasteiger partial charge in [0.15, 0.2) is 0 Å². The number of esters is 1. The van der Waals surface area contributed by atoms with Gasteiger partial charge in [-0.1, -0.05) is 60.1 Å². The monoisotopic (exact) mass is 484 g/mol. The van der Waals surface area contributed by atoms with Crippen LogP contribution in [0.1, 0.15) is 120 Å². The molecule has 3 heteroatoms. The minimum Gasteiger partial charge on any atom is -0.462 e. The van der Waals surface area contributed by atoms with Crippen LogP contribution >= 0.6 is 0 Å².